The Kier molecular flexibility index (Phi) is 5.71. The normalized spacial score (nSPS) is 12.1. The number of ether oxygens (including phenoxy) is 1. The van der Waals surface area contributed by atoms with Gasteiger partial charge in [-0.1, -0.05) is 0 Å². The summed E-state index contributed by atoms with van der Waals surface area (Å²) in [5, 5.41) is 2.78. The molecule has 0 bridgehead atoms. The molecule has 0 aliphatic heterocycles. The Labute approximate surface area is 114 Å². The number of sulfonamides is 1. The minimum absolute atomic E-state index is 0.0855. The summed E-state index contributed by atoms with van der Waals surface area (Å²) in [4.78, 5) is 4.18. The first-order chi connectivity index (χ1) is 8.89. The Morgan fingerprint density at radius 1 is 1.47 bits per heavy atom. The molecule has 1 aromatic rings. The second-order valence-electron chi connectivity index (χ2n) is 4.35. The van der Waals surface area contributed by atoms with Gasteiger partial charge in [-0.2, -0.15) is 4.31 Å². The number of rotatable bonds is 7. The molecular formula is C12H21N3O3S. The molecule has 1 N–H and O–H groups in total. The first kappa shape index (κ1) is 15.9. The van der Waals surface area contributed by atoms with E-state index in [1.54, 1.807) is 19.3 Å². The molecule has 108 valence electrons. The van der Waals surface area contributed by atoms with Gasteiger partial charge in [0.05, 0.1) is 12.7 Å². The lowest BCUT2D eigenvalue weighted by molar-refractivity contribution is 0.0737. The van der Waals surface area contributed by atoms with Crippen molar-refractivity contribution in [3.8, 4) is 0 Å². The molecule has 0 saturated heterocycles. The van der Waals surface area contributed by atoms with Gasteiger partial charge >= 0.3 is 0 Å². The molecule has 1 rings (SSSR count). The topological polar surface area (TPSA) is 71.5 Å². The molecule has 0 aromatic carbocycles. The molecule has 0 aliphatic carbocycles. The summed E-state index contributed by atoms with van der Waals surface area (Å²) in [6.07, 6.45) is 1.63. The van der Waals surface area contributed by atoms with Gasteiger partial charge in [0.25, 0.3) is 0 Å². The van der Waals surface area contributed by atoms with Crippen LogP contribution in [0.15, 0.2) is 23.2 Å². The van der Waals surface area contributed by atoms with Crippen molar-refractivity contribution in [1.82, 2.24) is 9.29 Å². The standard InChI is InChI=1S/C12H21N3O3S/c1-10(2)18-9-8-15(4)19(16,17)11-6-5-7-14-12(11)13-3/h5-7,10H,8-9H2,1-4H3,(H,13,14). The summed E-state index contributed by atoms with van der Waals surface area (Å²) in [6, 6.07) is 3.14. The van der Waals surface area contributed by atoms with Gasteiger partial charge in [-0.05, 0) is 26.0 Å². The lowest BCUT2D eigenvalue weighted by Gasteiger charge is -2.19. The second-order valence-corrected chi connectivity index (χ2v) is 6.36. The van der Waals surface area contributed by atoms with E-state index in [2.05, 4.69) is 10.3 Å². The molecule has 7 heteroatoms. The lowest BCUT2D eigenvalue weighted by Crippen LogP contribution is -2.31. The molecule has 0 spiro atoms. The van der Waals surface area contributed by atoms with E-state index in [0.29, 0.717) is 19.0 Å². The molecule has 1 heterocycles. The molecule has 0 atom stereocenters. The monoisotopic (exact) mass is 287 g/mol. The van der Waals surface area contributed by atoms with Crippen LogP contribution < -0.4 is 5.32 Å². The van der Waals surface area contributed by atoms with Gasteiger partial charge in [-0.3, -0.25) is 0 Å². The predicted octanol–water partition coefficient (Wildman–Crippen LogP) is 1.17. The number of anilines is 1. The van der Waals surface area contributed by atoms with Crippen molar-refractivity contribution >= 4 is 15.8 Å². The number of aromatic nitrogens is 1. The van der Waals surface area contributed by atoms with Crippen molar-refractivity contribution in [2.45, 2.75) is 24.8 Å². The number of pyridine rings is 1. The number of nitrogens with zero attached hydrogens (tertiary/aromatic N) is 2. The molecule has 0 saturated carbocycles. The van der Waals surface area contributed by atoms with E-state index in [1.807, 2.05) is 13.8 Å². The van der Waals surface area contributed by atoms with Gasteiger partial charge in [0.2, 0.25) is 10.0 Å². The Bertz CT molecular complexity index is 503. The van der Waals surface area contributed by atoms with E-state index in [9.17, 15) is 8.42 Å². The predicted molar refractivity (Wildman–Crippen MR) is 74.7 cm³/mol. The third-order valence-electron chi connectivity index (χ3n) is 2.55. The molecule has 0 unspecified atom stereocenters. The zero-order chi connectivity index (χ0) is 14.5. The Balaban J connectivity index is 2.85. The Morgan fingerprint density at radius 2 is 2.16 bits per heavy atom. The molecule has 0 radical (unpaired) electrons. The summed E-state index contributed by atoms with van der Waals surface area (Å²) in [5.74, 6) is 0.346. The van der Waals surface area contributed by atoms with Gasteiger partial charge in [-0.15, -0.1) is 0 Å². The molecule has 6 nitrogen and oxygen atoms in total. The van der Waals surface area contributed by atoms with Crippen LogP contribution in [-0.4, -0.2) is 51.1 Å². The van der Waals surface area contributed by atoms with Gasteiger partial charge in [0.15, 0.2) is 0 Å². The van der Waals surface area contributed by atoms with Crippen LogP contribution in [0, 0.1) is 0 Å². The van der Waals surface area contributed by atoms with E-state index in [1.165, 1.54) is 17.4 Å². The smallest absolute Gasteiger partial charge is 0.246 e. The van der Waals surface area contributed by atoms with Crippen molar-refractivity contribution in [2.24, 2.45) is 0 Å². The van der Waals surface area contributed by atoms with E-state index < -0.39 is 10.0 Å². The second kappa shape index (κ2) is 6.83. The highest BCUT2D eigenvalue weighted by atomic mass is 32.2. The van der Waals surface area contributed by atoms with Gasteiger partial charge in [-0.25, -0.2) is 13.4 Å². The highest BCUT2D eigenvalue weighted by molar-refractivity contribution is 7.89. The fraction of sp³-hybridized carbons (Fsp3) is 0.583. The first-order valence-electron chi connectivity index (χ1n) is 6.10. The van der Waals surface area contributed by atoms with Gasteiger partial charge in [0.1, 0.15) is 10.7 Å². The van der Waals surface area contributed by atoms with Crippen LogP contribution in [0.2, 0.25) is 0 Å². The molecule has 0 aliphatic rings. The largest absolute Gasteiger partial charge is 0.377 e. The molecule has 19 heavy (non-hydrogen) atoms. The van der Waals surface area contributed by atoms with E-state index in [-0.39, 0.29) is 11.0 Å². The number of likely N-dealkylation sites (N-methyl/N-ethyl adjacent to an activating group) is 1. The van der Waals surface area contributed by atoms with E-state index >= 15 is 0 Å². The minimum atomic E-state index is -3.55. The average Bonchev–Trinajstić information content (AvgIpc) is 2.38. The maximum Gasteiger partial charge on any atom is 0.246 e. The van der Waals surface area contributed by atoms with Crippen LogP contribution in [0.25, 0.3) is 0 Å². The molecule has 0 fully saturated rings. The van der Waals surface area contributed by atoms with Crippen molar-refractivity contribution < 1.29 is 13.2 Å². The summed E-state index contributed by atoms with van der Waals surface area (Å²) >= 11 is 0. The van der Waals surface area contributed by atoms with Crippen LogP contribution in [0.1, 0.15) is 13.8 Å². The zero-order valence-electron chi connectivity index (χ0n) is 11.8. The fourth-order valence-corrected chi connectivity index (χ4v) is 2.79. The van der Waals surface area contributed by atoms with Crippen molar-refractivity contribution in [3.63, 3.8) is 0 Å². The van der Waals surface area contributed by atoms with E-state index in [4.69, 9.17) is 4.74 Å². The summed E-state index contributed by atoms with van der Waals surface area (Å²) in [5.41, 5.74) is 0. The summed E-state index contributed by atoms with van der Waals surface area (Å²) < 4.78 is 31.4. The van der Waals surface area contributed by atoms with Crippen molar-refractivity contribution in [1.29, 1.82) is 0 Å². The zero-order valence-corrected chi connectivity index (χ0v) is 12.6. The van der Waals surface area contributed by atoms with Gasteiger partial charge in [0, 0.05) is 26.8 Å². The highest BCUT2D eigenvalue weighted by Gasteiger charge is 2.24. The molecule has 0 amide bonds. The van der Waals surface area contributed by atoms with Crippen molar-refractivity contribution in [2.75, 3.05) is 32.6 Å². The highest BCUT2D eigenvalue weighted by Crippen LogP contribution is 2.20. The SMILES string of the molecule is CNc1ncccc1S(=O)(=O)N(C)CCOC(C)C. The first-order valence-corrected chi connectivity index (χ1v) is 7.54. The van der Waals surface area contributed by atoms with Crippen LogP contribution in [-0.2, 0) is 14.8 Å². The maximum atomic E-state index is 12.4. The van der Waals surface area contributed by atoms with E-state index in [0.717, 1.165) is 0 Å². The number of hydrogen-bond donors (Lipinski definition) is 1. The maximum absolute atomic E-state index is 12.4. The van der Waals surface area contributed by atoms with Crippen LogP contribution in [0.4, 0.5) is 5.82 Å². The number of nitrogens with one attached hydrogen (secondary N) is 1. The Hall–Kier alpha value is -1.18. The third kappa shape index (κ3) is 4.15. The van der Waals surface area contributed by atoms with Crippen LogP contribution in [0.5, 0.6) is 0 Å². The van der Waals surface area contributed by atoms with Crippen LogP contribution >= 0.6 is 0 Å². The lowest BCUT2D eigenvalue weighted by atomic mass is 10.5. The number of hydrogen-bond acceptors (Lipinski definition) is 5. The Morgan fingerprint density at radius 3 is 2.74 bits per heavy atom. The molecular weight excluding hydrogens is 266 g/mol. The fourth-order valence-electron chi connectivity index (χ4n) is 1.49. The quantitative estimate of drug-likeness (QED) is 0.815. The van der Waals surface area contributed by atoms with Gasteiger partial charge < -0.3 is 10.1 Å². The summed E-state index contributed by atoms with van der Waals surface area (Å²) in [6.45, 7) is 4.49. The van der Waals surface area contributed by atoms with Crippen molar-refractivity contribution in [3.05, 3.63) is 18.3 Å². The summed E-state index contributed by atoms with van der Waals surface area (Å²) in [7, 11) is -0.376. The minimum Gasteiger partial charge on any atom is -0.377 e. The average molecular weight is 287 g/mol. The molecule has 1 aromatic heterocycles. The van der Waals surface area contributed by atoms with Crippen LogP contribution in [0.3, 0.4) is 0 Å². The third-order valence-corrected chi connectivity index (χ3v) is 4.44.